The van der Waals surface area contributed by atoms with E-state index < -0.39 is 6.09 Å². The molecule has 1 aliphatic heterocycles. The van der Waals surface area contributed by atoms with Crippen molar-refractivity contribution in [1.82, 2.24) is 9.80 Å². The van der Waals surface area contributed by atoms with Crippen LogP contribution in [0, 0.1) is 0 Å². The van der Waals surface area contributed by atoms with Crippen molar-refractivity contribution >= 4 is 6.09 Å². The predicted molar refractivity (Wildman–Crippen MR) is 62.7 cm³/mol. The highest BCUT2D eigenvalue weighted by atomic mass is 16.4. The second kappa shape index (κ2) is 4.62. The molecule has 2 fully saturated rings. The lowest BCUT2D eigenvalue weighted by atomic mass is 10.1. The quantitative estimate of drug-likeness (QED) is 0.779. The highest BCUT2D eigenvalue weighted by Gasteiger charge is 2.47. The number of carboxylic acid groups (broad SMARTS) is 1. The lowest BCUT2D eigenvalue weighted by molar-refractivity contribution is 0.150. The maximum absolute atomic E-state index is 10.6. The predicted octanol–water partition coefficient (Wildman–Crippen LogP) is 2.00. The molecule has 0 aromatic carbocycles. The molecule has 1 heterocycles. The van der Waals surface area contributed by atoms with Crippen LogP contribution in [0.1, 0.15) is 38.5 Å². The van der Waals surface area contributed by atoms with Crippen LogP contribution in [0.15, 0.2) is 0 Å². The van der Waals surface area contributed by atoms with Crippen LogP contribution in [-0.2, 0) is 0 Å². The molecule has 0 unspecified atom stereocenters. The first kappa shape index (κ1) is 11.7. The van der Waals surface area contributed by atoms with Crippen LogP contribution in [-0.4, -0.2) is 53.2 Å². The Hall–Kier alpha value is -0.770. The average molecular weight is 226 g/mol. The van der Waals surface area contributed by atoms with Crippen molar-refractivity contribution in [3.63, 3.8) is 0 Å². The summed E-state index contributed by atoms with van der Waals surface area (Å²) >= 11 is 0. The van der Waals surface area contributed by atoms with Crippen molar-refractivity contribution in [2.45, 2.75) is 44.1 Å². The van der Waals surface area contributed by atoms with Crippen LogP contribution in [0.3, 0.4) is 0 Å². The Morgan fingerprint density at radius 2 is 2.00 bits per heavy atom. The minimum atomic E-state index is -0.814. The van der Waals surface area contributed by atoms with Crippen molar-refractivity contribution in [2.24, 2.45) is 0 Å². The Labute approximate surface area is 97.2 Å². The summed E-state index contributed by atoms with van der Waals surface area (Å²) in [6.45, 7) is 3.19. The third-order valence-corrected chi connectivity index (χ3v) is 4.07. The molecule has 0 spiro atoms. The van der Waals surface area contributed by atoms with Crippen LogP contribution in [0.5, 0.6) is 0 Å². The molecular weight excluding hydrogens is 204 g/mol. The van der Waals surface area contributed by atoms with Gasteiger partial charge in [0.2, 0.25) is 0 Å². The summed E-state index contributed by atoms with van der Waals surface area (Å²) in [6, 6.07) is 0. The van der Waals surface area contributed by atoms with Gasteiger partial charge in [0.15, 0.2) is 0 Å². The van der Waals surface area contributed by atoms with E-state index in [0.29, 0.717) is 12.1 Å². The molecule has 0 bridgehead atoms. The van der Waals surface area contributed by atoms with Gasteiger partial charge in [-0.05, 0) is 51.6 Å². The molecule has 2 rings (SSSR count). The monoisotopic (exact) mass is 226 g/mol. The Balaban J connectivity index is 1.71. The molecule has 0 aromatic rings. The van der Waals surface area contributed by atoms with Gasteiger partial charge in [0.1, 0.15) is 0 Å². The summed E-state index contributed by atoms with van der Waals surface area (Å²) < 4.78 is 0. The molecule has 1 N–H and O–H groups in total. The van der Waals surface area contributed by atoms with Crippen molar-refractivity contribution in [1.29, 1.82) is 0 Å². The van der Waals surface area contributed by atoms with Gasteiger partial charge in [-0.25, -0.2) is 4.79 Å². The van der Waals surface area contributed by atoms with E-state index in [1.807, 2.05) is 0 Å². The van der Waals surface area contributed by atoms with Gasteiger partial charge >= 0.3 is 6.09 Å². The van der Waals surface area contributed by atoms with Crippen LogP contribution in [0.4, 0.5) is 4.79 Å². The van der Waals surface area contributed by atoms with E-state index in [0.717, 1.165) is 6.42 Å². The van der Waals surface area contributed by atoms with Crippen molar-refractivity contribution in [3.05, 3.63) is 0 Å². The largest absolute Gasteiger partial charge is 0.465 e. The third kappa shape index (κ3) is 2.48. The van der Waals surface area contributed by atoms with Gasteiger partial charge in [-0.15, -0.1) is 0 Å². The molecule has 1 saturated heterocycles. The molecule has 4 nitrogen and oxygen atoms in total. The highest BCUT2D eigenvalue weighted by molar-refractivity contribution is 5.64. The van der Waals surface area contributed by atoms with Crippen molar-refractivity contribution < 1.29 is 9.90 Å². The molecule has 2 aliphatic rings. The van der Waals surface area contributed by atoms with Gasteiger partial charge < -0.3 is 10.0 Å². The minimum Gasteiger partial charge on any atom is -0.465 e. The summed E-state index contributed by atoms with van der Waals surface area (Å²) in [6.07, 6.45) is 6.69. The van der Waals surface area contributed by atoms with Gasteiger partial charge in [-0.1, -0.05) is 0 Å². The van der Waals surface area contributed by atoms with Crippen molar-refractivity contribution in [2.75, 3.05) is 26.7 Å². The van der Waals surface area contributed by atoms with Gasteiger partial charge in [-0.3, -0.25) is 4.90 Å². The smallest absolute Gasteiger partial charge is 0.407 e. The standard InChI is InChI=1S/C12H22N2O2/c1-13(11(15)16)8-4-5-12(6-7-12)14-9-2-3-10-14/h2-10H2,1H3,(H,15,16). The van der Waals surface area contributed by atoms with Crippen LogP contribution in [0.25, 0.3) is 0 Å². The number of hydrogen-bond donors (Lipinski definition) is 1. The molecule has 0 aromatic heterocycles. The zero-order valence-corrected chi connectivity index (χ0v) is 10.1. The molecular formula is C12H22N2O2. The number of rotatable bonds is 5. The van der Waals surface area contributed by atoms with Crippen molar-refractivity contribution in [3.8, 4) is 0 Å². The number of nitrogens with zero attached hydrogens (tertiary/aromatic N) is 2. The van der Waals surface area contributed by atoms with E-state index >= 15 is 0 Å². The minimum absolute atomic E-state index is 0.468. The fraction of sp³-hybridized carbons (Fsp3) is 0.917. The summed E-state index contributed by atoms with van der Waals surface area (Å²) in [7, 11) is 1.65. The maximum Gasteiger partial charge on any atom is 0.407 e. The molecule has 1 saturated carbocycles. The summed E-state index contributed by atoms with van der Waals surface area (Å²) in [4.78, 5) is 14.7. The second-order valence-corrected chi connectivity index (χ2v) is 5.23. The number of hydrogen-bond acceptors (Lipinski definition) is 2. The van der Waals surface area contributed by atoms with E-state index in [1.54, 1.807) is 7.05 Å². The van der Waals surface area contributed by atoms with E-state index in [4.69, 9.17) is 5.11 Å². The molecule has 1 amide bonds. The van der Waals surface area contributed by atoms with E-state index in [2.05, 4.69) is 4.90 Å². The van der Waals surface area contributed by atoms with Gasteiger partial charge in [0.25, 0.3) is 0 Å². The van der Waals surface area contributed by atoms with Crippen LogP contribution in [0.2, 0.25) is 0 Å². The molecule has 0 atom stereocenters. The highest BCUT2D eigenvalue weighted by Crippen LogP contribution is 2.46. The number of carbonyl (C=O) groups is 1. The summed E-state index contributed by atoms with van der Waals surface area (Å²) in [5.74, 6) is 0. The fourth-order valence-electron chi connectivity index (χ4n) is 2.80. The van der Waals surface area contributed by atoms with Crippen LogP contribution < -0.4 is 0 Å². The average Bonchev–Trinajstić information content (AvgIpc) is 2.83. The molecule has 1 aliphatic carbocycles. The fourth-order valence-corrected chi connectivity index (χ4v) is 2.80. The van der Waals surface area contributed by atoms with Gasteiger partial charge in [0.05, 0.1) is 0 Å². The lowest BCUT2D eigenvalue weighted by Gasteiger charge is -2.27. The first-order valence-electron chi connectivity index (χ1n) is 6.33. The Bertz CT molecular complexity index is 258. The normalized spacial score (nSPS) is 23.3. The zero-order chi connectivity index (χ0) is 11.6. The van der Waals surface area contributed by atoms with E-state index in [9.17, 15) is 4.79 Å². The molecule has 92 valence electrons. The Morgan fingerprint density at radius 1 is 1.38 bits per heavy atom. The molecule has 16 heavy (non-hydrogen) atoms. The zero-order valence-electron chi connectivity index (χ0n) is 10.1. The lowest BCUT2D eigenvalue weighted by Crippen LogP contribution is -2.36. The first-order valence-corrected chi connectivity index (χ1v) is 6.33. The number of likely N-dealkylation sites (tertiary alicyclic amines) is 1. The summed E-state index contributed by atoms with van der Waals surface area (Å²) in [5, 5.41) is 8.75. The molecule has 4 heteroatoms. The van der Waals surface area contributed by atoms with E-state index in [-0.39, 0.29) is 0 Å². The van der Waals surface area contributed by atoms with Gasteiger partial charge in [-0.2, -0.15) is 0 Å². The maximum atomic E-state index is 10.6. The topological polar surface area (TPSA) is 43.8 Å². The molecule has 0 radical (unpaired) electrons. The Kier molecular flexibility index (Phi) is 3.38. The summed E-state index contributed by atoms with van der Waals surface area (Å²) in [5.41, 5.74) is 0.468. The number of amides is 1. The van der Waals surface area contributed by atoms with Gasteiger partial charge in [0, 0.05) is 19.1 Å². The Morgan fingerprint density at radius 3 is 2.50 bits per heavy atom. The van der Waals surface area contributed by atoms with E-state index in [1.165, 1.54) is 50.1 Å². The first-order chi connectivity index (χ1) is 7.64. The SMILES string of the molecule is CN(CCCC1(N2CCCC2)CC1)C(=O)O. The van der Waals surface area contributed by atoms with Crippen LogP contribution >= 0.6 is 0 Å². The third-order valence-electron chi connectivity index (χ3n) is 4.07. The second-order valence-electron chi connectivity index (χ2n) is 5.23.